The van der Waals surface area contributed by atoms with Crippen LogP contribution in [0.5, 0.6) is 0 Å². The number of benzene rings is 1. The van der Waals surface area contributed by atoms with Crippen molar-refractivity contribution in [3.8, 4) is 0 Å². The molecule has 3 nitrogen and oxygen atoms in total. The zero-order valence-electron chi connectivity index (χ0n) is 9.42. The van der Waals surface area contributed by atoms with E-state index >= 15 is 0 Å². The molecule has 0 amide bonds. The van der Waals surface area contributed by atoms with Crippen LogP contribution in [0.25, 0.3) is 0 Å². The van der Waals surface area contributed by atoms with Crippen molar-refractivity contribution in [1.82, 2.24) is 0 Å². The summed E-state index contributed by atoms with van der Waals surface area (Å²) in [5.41, 5.74) is 0.707. The standard InChI is InChI=1S/C13H15NO2/c1-13(2)10(11(13)12(15)16)8-14-9-6-4-3-5-7-9/h3-8,10-11H,1-2H3,(H,15,16)/t10-,11+/m1/s1. The first-order valence-corrected chi connectivity index (χ1v) is 5.35. The number of aliphatic carboxylic acids is 1. The number of hydrogen-bond acceptors (Lipinski definition) is 2. The molecule has 16 heavy (non-hydrogen) atoms. The van der Waals surface area contributed by atoms with Gasteiger partial charge in [-0.15, -0.1) is 0 Å². The molecule has 0 aliphatic heterocycles. The maximum Gasteiger partial charge on any atom is 0.307 e. The highest BCUT2D eigenvalue weighted by Crippen LogP contribution is 2.57. The molecule has 1 fully saturated rings. The molecular formula is C13H15NO2. The third kappa shape index (κ3) is 1.85. The number of para-hydroxylation sites is 1. The summed E-state index contributed by atoms with van der Waals surface area (Å²) in [5.74, 6) is -0.973. The van der Waals surface area contributed by atoms with Gasteiger partial charge in [0.1, 0.15) is 0 Å². The second kappa shape index (κ2) is 3.74. The first-order chi connectivity index (χ1) is 7.53. The minimum atomic E-state index is -0.727. The highest BCUT2D eigenvalue weighted by molar-refractivity contribution is 5.85. The van der Waals surface area contributed by atoms with E-state index < -0.39 is 5.97 Å². The number of carboxylic acids is 1. The van der Waals surface area contributed by atoms with Crippen LogP contribution in [-0.2, 0) is 4.79 Å². The van der Waals surface area contributed by atoms with Crippen LogP contribution in [0.3, 0.4) is 0 Å². The van der Waals surface area contributed by atoms with Gasteiger partial charge in [-0.2, -0.15) is 0 Å². The molecule has 0 radical (unpaired) electrons. The molecule has 0 saturated heterocycles. The lowest BCUT2D eigenvalue weighted by molar-refractivity contribution is -0.139. The van der Waals surface area contributed by atoms with Crippen LogP contribution in [0.15, 0.2) is 35.3 Å². The Kier molecular flexibility index (Phi) is 2.54. The van der Waals surface area contributed by atoms with Crippen molar-refractivity contribution in [3.63, 3.8) is 0 Å². The first-order valence-electron chi connectivity index (χ1n) is 5.35. The van der Waals surface area contributed by atoms with E-state index in [1.54, 1.807) is 6.21 Å². The van der Waals surface area contributed by atoms with Crippen molar-refractivity contribution >= 4 is 17.9 Å². The fourth-order valence-corrected chi connectivity index (χ4v) is 2.11. The Bertz CT molecular complexity index is 423. The van der Waals surface area contributed by atoms with E-state index in [4.69, 9.17) is 5.11 Å². The first kappa shape index (κ1) is 10.9. The summed E-state index contributed by atoms with van der Waals surface area (Å²) < 4.78 is 0. The van der Waals surface area contributed by atoms with Crippen LogP contribution in [-0.4, -0.2) is 17.3 Å². The average molecular weight is 217 g/mol. The summed E-state index contributed by atoms with van der Waals surface area (Å²) in [6.45, 7) is 3.93. The van der Waals surface area contributed by atoms with E-state index in [1.807, 2.05) is 44.2 Å². The van der Waals surface area contributed by atoms with Gasteiger partial charge in [0.05, 0.1) is 11.6 Å². The Balaban J connectivity index is 2.08. The van der Waals surface area contributed by atoms with Crippen LogP contribution in [0.2, 0.25) is 0 Å². The largest absolute Gasteiger partial charge is 0.481 e. The van der Waals surface area contributed by atoms with Crippen LogP contribution in [0.4, 0.5) is 5.69 Å². The summed E-state index contributed by atoms with van der Waals surface area (Å²) in [6.07, 6.45) is 1.77. The van der Waals surface area contributed by atoms with Gasteiger partial charge >= 0.3 is 5.97 Å². The minimum Gasteiger partial charge on any atom is -0.481 e. The molecule has 1 aliphatic rings. The number of rotatable bonds is 3. The number of nitrogens with zero attached hydrogens (tertiary/aromatic N) is 1. The Morgan fingerprint density at radius 3 is 2.50 bits per heavy atom. The van der Waals surface area contributed by atoms with E-state index in [9.17, 15) is 4.79 Å². The maximum atomic E-state index is 10.9. The van der Waals surface area contributed by atoms with Crippen molar-refractivity contribution < 1.29 is 9.90 Å². The van der Waals surface area contributed by atoms with Crippen molar-refractivity contribution in [1.29, 1.82) is 0 Å². The minimum absolute atomic E-state index is 0.0465. The molecule has 2 atom stereocenters. The summed E-state index contributed by atoms with van der Waals surface area (Å²) in [6, 6.07) is 9.57. The van der Waals surface area contributed by atoms with Crippen LogP contribution in [0, 0.1) is 17.3 Å². The molecule has 1 aromatic carbocycles. The van der Waals surface area contributed by atoms with Gasteiger partial charge in [0.2, 0.25) is 0 Å². The molecule has 0 heterocycles. The predicted octanol–water partition coefficient (Wildman–Crippen LogP) is 2.75. The van der Waals surface area contributed by atoms with Crippen molar-refractivity contribution in [3.05, 3.63) is 30.3 Å². The zero-order chi connectivity index (χ0) is 11.8. The Morgan fingerprint density at radius 2 is 2.00 bits per heavy atom. The lowest BCUT2D eigenvalue weighted by Gasteiger charge is -1.96. The molecular weight excluding hydrogens is 202 g/mol. The van der Waals surface area contributed by atoms with E-state index in [-0.39, 0.29) is 17.3 Å². The summed E-state index contributed by atoms with van der Waals surface area (Å²) >= 11 is 0. The van der Waals surface area contributed by atoms with E-state index in [0.717, 1.165) is 5.69 Å². The normalized spacial score (nSPS) is 26.9. The van der Waals surface area contributed by atoms with Crippen LogP contribution < -0.4 is 0 Å². The predicted molar refractivity (Wildman–Crippen MR) is 63.0 cm³/mol. The fourth-order valence-electron chi connectivity index (χ4n) is 2.11. The van der Waals surface area contributed by atoms with Crippen molar-refractivity contribution in [2.24, 2.45) is 22.2 Å². The fraction of sp³-hybridized carbons (Fsp3) is 0.385. The molecule has 1 N–H and O–H groups in total. The number of carbonyl (C=O) groups is 1. The van der Waals surface area contributed by atoms with Gasteiger partial charge in [-0.25, -0.2) is 0 Å². The lowest BCUT2D eigenvalue weighted by Crippen LogP contribution is -2.03. The van der Waals surface area contributed by atoms with Crippen molar-refractivity contribution in [2.75, 3.05) is 0 Å². The molecule has 0 spiro atoms. The molecule has 2 rings (SSSR count). The Hall–Kier alpha value is -1.64. The molecule has 3 heteroatoms. The van der Waals surface area contributed by atoms with Gasteiger partial charge in [-0.1, -0.05) is 32.0 Å². The van der Waals surface area contributed by atoms with E-state index in [0.29, 0.717) is 0 Å². The number of aliphatic imine (C=N–C) groups is 1. The Labute approximate surface area is 94.8 Å². The maximum absolute atomic E-state index is 10.9. The summed E-state index contributed by atoms with van der Waals surface area (Å²) in [4.78, 5) is 15.2. The van der Waals surface area contributed by atoms with Gasteiger partial charge in [0.15, 0.2) is 0 Å². The molecule has 1 aliphatic carbocycles. The second-order valence-corrected chi connectivity index (χ2v) is 4.78. The Morgan fingerprint density at radius 1 is 1.38 bits per heavy atom. The number of carboxylic acid groups (broad SMARTS) is 1. The van der Waals surface area contributed by atoms with Crippen molar-refractivity contribution in [2.45, 2.75) is 13.8 Å². The highest BCUT2D eigenvalue weighted by atomic mass is 16.4. The van der Waals surface area contributed by atoms with Gasteiger partial charge in [0.25, 0.3) is 0 Å². The van der Waals surface area contributed by atoms with Crippen LogP contribution in [0.1, 0.15) is 13.8 Å². The van der Waals surface area contributed by atoms with E-state index in [2.05, 4.69) is 4.99 Å². The second-order valence-electron chi connectivity index (χ2n) is 4.78. The topological polar surface area (TPSA) is 49.7 Å². The van der Waals surface area contributed by atoms with Gasteiger partial charge < -0.3 is 5.11 Å². The third-order valence-corrected chi connectivity index (χ3v) is 3.32. The molecule has 84 valence electrons. The molecule has 0 unspecified atom stereocenters. The lowest BCUT2D eigenvalue weighted by atomic mass is 10.1. The third-order valence-electron chi connectivity index (χ3n) is 3.32. The summed E-state index contributed by atoms with van der Waals surface area (Å²) in [7, 11) is 0. The van der Waals surface area contributed by atoms with E-state index in [1.165, 1.54) is 0 Å². The monoisotopic (exact) mass is 217 g/mol. The summed E-state index contributed by atoms with van der Waals surface area (Å²) in [5, 5.41) is 8.99. The van der Waals surface area contributed by atoms with Gasteiger partial charge in [-0.3, -0.25) is 9.79 Å². The molecule has 1 saturated carbocycles. The highest BCUT2D eigenvalue weighted by Gasteiger charge is 2.61. The zero-order valence-corrected chi connectivity index (χ0v) is 9.42. The molecule has 0 aromatic heterocycles. The smallest absolute Gasteiger partial charge is 0.307 e. The molecule has 1 aromatic rings. The number of hydrogen-bond donors (Lipinski definition) is 1. The van der Waals surface area contributed by atoms with Crippen LogP contribution >= 0.6 is 0 Å². The molecule has 0 bridgehead atoms. The average Bonchev–Trinajstić information content (AvgIpc) is 2.79. The van der Waals surface area contributed by atoms with Gasteiger partial charge in [-0.05, 0) is 17.5 Å². The SMILES string of the molecule is CC1(C)[C@H](C=Nc2ccccc2)[C@H]1C(=O)O. The quantitative estimate of drug-likeness (QED) is 0.791. The van der Waals surface area contributed by atoms with Gasteiger partial charge in [0, 0.05) is 12.1 Å².